The molecule has 0 aliphatic carbocycles. The van der Waals surface area contributed by atoms with Crippen LogP contribution in [0.1, 0.15) is 6.92 Å². The predicted molar refractivity (Wildman–Crippen MR) is 66.4 cm³/mol. The molecule has 0 atom stereocenters. The number of nitrogens with one attached hydrogen (secondary N) is 1. The first-order valence-corrected chi connectivity index (χ1v) is 6.63. The minimum absolute atomic E-state index is 0.0195. The van der Waals surface area contributed by atoms with Crippen LogP contribution in [0, 0.1) is 0 Å². The summed E-state index contributed by atoms with van der Waals surface area (Å²) in [4.78, 5) is 14.4. The molecule has 0 radical (unpaired) electrons. The molecular formula is C10H15N3O4S. The van der Waals surface area contributed by atoms with Crippen molar-refractivity contribution in [3.05, 3.63) is 24.3 Å². The lowest BCUT2D eigenvalue weighted by Gasteiger charge is -2.16. The zero-order chi connectivity index (χ0) is 13.8. The summed E-state index contributed by atoms with van der Waals surface area (Å²) < 4.78 is 27.6. The smallest absolute Gasteiger partial charge is 0.413 e. The second-order valence-corrected chi connectivity index (χ2v) is 5.09. The Morgan fingerprint density at radius 2 is 1.94 bits per heavy atom. The molecule has 0 heterocycles. The van der Waals surface area contributed by atoms with Crippen LogP contribution >= 0.6 is 0 Å². The third kappa shape index (κ3) is 3.19. The van der Waals surface area contributed by atoms with Crippen LogP contribution in [-0.4, -0.2) is 28.2 Å². The van der Waals surface area contributed by atoms with Crippen molar-refractivity contribution in [1.29, 1.82) is 0 Å². The Labute approximate surface area is 106 Å². The molecule has 1 amide bonds. The molecule has 0 unspecified atom stereocenters. The molecule has 1 aromatic carbocycles. The number of benzene rings is 1. The molecule has 0 spiro atoms. The van der Waals surface area contributed by atoms with E-state index in [9.17, 15) is 13.2 Å². The van der Waals surface area contributed by atoms with Crippen LogP contribution in [0.15, 0.2) is 29.2 Å². The number of carbonyl (C=O) groups is 1. The molecule has 1 aromatic rings. The first kappa shape index (κ1) is 14.4. The van der Waals surface area contributed by atoms with Crippen LogP contribution in [0.4, 0.5) is 10.5 Å². The maximum atomic E-state index is 11.4. The van der Waals surface area contributed by atoms with Crippen LogP contribution in [0.2, 0.25) is 0 Å². The van der Waals surface area contributed by atoms with Crippen molar-refractivity contribution in [2.45, 2.75) is 11.8 Å². The minimum Gasteiger partial charge on any atom is -0.449 e. The Balaban J connectivity index is 2.93. The summed E-state index contributed by atoms with van der Waals surface area (Å²) in [5.41, 5.74) is 0.518. The Kier molecular flexibility index (Phi) is 4.65. The van der Waals surface area contributed by atoms with Crippen molar-refractivity contribution in [2.24, 2.45) is 5.84 Å². The van der Waals surface area contributed by atoms with Gasteiger partial charge in [-0.3, -0.25) is 10.7 Å². The number of amides is 1. The van der Waals surface area contributed by atoms with Crippen molar-refractivity contribution < 1.29 is 17.9 Å². The molecule has 100 valence electrons. The lowest BCUT2D eigenvalue weighted by atomic mass is 10.3. The number of hydrazine groups is 1. The minimum atomic E-state index is -3.68. The predicted octanol–water partition coefficient (Wildman–Crippen LogP) is 0.431. The Bertz CT molecular complexity index is 512. The van der Waals surface area contributed by atoms with Crippen molar-refractivity contribution in [2.75, 3.05) is 18.6 Å². The Morgan fingerprint density at radius 1 is 1.39 bits per heavy atom. The lowest BCUT2D eigenvalue weighted by Crippen LogP contribution is -2.30. The number of nitrogens with two attached hydrogens (primary N) is 1. The van der Waals surface area contributed by atoms with Gasteiger partial charge in [0, 0.05) is 12.7 Å². The molecule has 0 aliphatic rings. The molecule has 0 saturated carbocycles. The van der Waals surface area contributed by atoms with Gasteiger partial charge in [-0.05, 0) is 31.2 Å². The van der Waals surface area contributed by atoms with Crippen molar-refractivity contribution in [3.8, 4) is 0 Å². The van der Waals surface area contributed by atoms with Crippen LogP contribution in [0.5, 0.6) is 0 Å². The molecule has 0 aromatic heterocycles. The SMILES string of the molecule is CCOC(=O)N(C)c1ccc(S(=O)(=O)NN)cc1. The van der Waals surface area contributed by atoms with E-state index in [0.29, 0.717) is 5.69 Å². The standard InChI is InChI=1S/C10H15N3O4S/c1-3-17-10(14)13(2)8-4-6-9(7-5-8)18(15,16)12-11/h4-7,12H,3,11H2,1-2H3. The fraction of sp³-hybridized carbons (Fsp3) is 0.300. The molecule has 0 aliphatic heterocycles. The van der Waals surface area contributed by atoms with Crippen LogP contribution in [0.25, 0.3) is 0 Å². The second kappa shape index (κ2) is 5.80. The highest BCUT2D eigenvalue weighted by atomic mass is 32.2. The molecule has 8 heteroatoms. The van der Waals surface area contributed by atoms with E-state index in [4.69, 9.17) is 10.6 Å². The molecular weight excluding hydrogens is 258 g/mol. The number of anilines is 1. The van der Waals surface area contributed by atoms with Gasteiger partial charge in [-0.2, -0.15) is 4.83 Å². The van der Waals surface area contributed by atoms with E-state index in [2.05, 4.69) is 0 Å². The zero-order valence-corrected chi connectivity index (χ0v) is 10.9. The highest BCUT2D eigenvalue weighted by molar-refractivity contribution is 7.89. The highest BCUT2D eigenvalue weighted by Crippen LogP contribution is 2.17. The van der Waals surface area contributed by atoms with Crippen molar-refractivity contribution in [1.82, 2.24) is 4.83 Å². The molecule has 0 bridgehead atoms. The quantitative estimate of drug-likeness (QED) is 0.612. The van der Waals surface area contributed by atoms with E-state index < -0.39 is 16.1 Å². The largest absolute Gasteiger partial charge is 0.449 e. The molecule has 1 rings (SSSR count). The van der Waals surface area contributed by atoms with Gasteiger partial charge in [0.15, 0.2) is 0 Å². The van der Waals surface area contributed by atoms with Gasteiger partial charge in [-0.15, -0.1) is 0 Å². The van der Waals surface area contributed by atoms with Gasteiger partial charge < -0.3 is 4.74 Å². The van der Waals surface area contributed by atoms with Crippen molar-refractivity contribution >= 4 is 21.8 Å². The number of hydrogen-bond acceptors (Lipinski definition) is 5. The van der Waals surface area contributed by atoms with Gasteiger partial charge in [0.05, 0.1) is 11.5 Å². The first-order valence-electron chi connectivity index (χ1n) is 5.15. The highest BCUT2D eigenvalue weighted by Gasteiger charge is 2.14. The topological polar surface area (TPSA) is 102 Å². The van der Waals surface area contributed by atoms with E-state index in [1.807, 2.05) is 0 Å². The first-order chi connectivity index (χ1) is 8.42. The number of rotatable bonds is 4. The van der Waals surface area contributed by atoms with Crippen LogP contribution < -0.4 is 15.6 Å². The number of sulfonamides is 1. The van der Waals surface area contributed by atoms with Crippen LogP contribution in [0.3, 0.4) is 0 Å². The zero-order valence-electron chi connectivity index (χ0n) is 10.1. The number of carbonyl (C=O) groups excluding carboxylic acids is 1. The van der Waals surface area contributed by atoms with Gasteiger partial charge >= 0.3 is 6.09 Å². The third-order valence-electron chi connectivity index (χ3n) is 2.23. The summed E-state index contributed by atoms with van der Waals surface area (Å²) >= 11 is 0. The summed E-state index contributed by atoms with van der Waals surface area (Å²) in [6, 6.07) is 5.67. The van der Waals surface area contributed by atoms with E-state index in [-0.39, 0.29) is 11.5 Å². The van der Waals surface area contributed by atoms with E-state index in [0.717, 1.165) is 0 Å². The third-order valence-corrected chi connectivity index (χ3v) is 3.43. The van der Waals surface area contributed by atoms with Gasteiger partial charge in [-0.25, -0.2) is 13.2 Å². The summed E-state index contributed by atoms with van der Waals surface area (Å²) in [7, 11) is -2.15. The maximum absolute atomic E-state index is 11.4. The fourth-order valence-electron chi connectivity index (χ4n) is 1.24. The average molecular weight is 273 g/mol. The number of nitrogens with zero attached hydrogens (tertiary/aromatic N) is 1. The monoisotopic (exact) mass is 273 g/mol. The summed E-state index contributed by atoms with van der Waals surface area (Å²) in [6.45, 7) is 1.97. The molecule has 3 N–H and O–H groups in total. The molecule has 7 nitrogen and oxygen atoms in total. The van der Waals surface area contributed by atoms with Gasteiger partial charge in [0.1, 0.15) is 0 Å². The van der Waals surface area contributed by atoms with Gasteiger partial charge in [0.25, 0.3) is 10.0 Å². The van der Waals surface area contributed by atoms with Crippen molar-refractivity contribution in [3.63, 3.8) is 0 Å². The summed E-state index contributed by atoms with van der Waals surface area (Å²) in [5, 5.41) is 0. The molecule has 18 heavy (non-hydrogen) atoms. The van der Waals surface area contributed by atoms with E-state index in [1.54, 1.807) is 11.8 Å². The molecule has 0 fully saturated rings. The summed E-state index contributed by atoms with van der Waals surface area (Å²) in [5.74, 6) is 4.90. The molecule has 0 saturated heterocycles. The lowest BCUT2D eigenvalue weighted by molar-refractivity contribution is 0.161. The average Bonchev–Trinajstić information content (AvgIpc) is 2.38. The second-order valence-electron chi connectivity index (χ2n) is 3.37. The fourth-order valence-corrected chi connectivity index (χ4v) is 1.87. The number of hydrogen-bond donors (Lipinski definition) is 2. The Hall–Kier alpha value is -1.64. The number of ether oxygens (including phenoxy) is 1. The van der Waals surface area contributed by atoms with Gasteiger partial charge in [0.2, 0.25) is 0 Å². The van der Waals surface area contributed by atoms with E-state index >= 15 is 0 Å². The van der Waals surface area contributed by atoms with Gasteiger partial charge in [-0.1, -0.05) is 0 Å². The normalized spacial score (nSPS) is 11.1. The van der Waals surface area contributed by atoms with Crippen LogP contribution in [-0.2, 0) is 14.8 Å². The Morgan fingerprint density at radius 3 is 2.39 bits per heavy atom. The summed E-state index contributed by atoms with van der Waals surface area (Å²) in [6.07, 6.45) is -0.509. The van der Waals surface area contributed by atoms with E-state index in [1.165, 1.54) is 36.2 Å². The maximum Gasteiger partial charge on any atom is 0.413 e.